The fourth-order valence-electron chi connectivity index (χ4n) is 8.05. The van der Waals surface area contributed by atoms with Gasteiger partial charge in [-0.05, 0) is 12.8 Å². The number of nitrogens with two attached hydrogens (primary N) is 1. The van der Waals surface area contributed by atoms with Crippen LogP contribution in [-0.2, 0) is 32.7 Å². The van der Waals surface area contributed by atoms with Crippen LogP contribution in [0.25, 0.3) is 0 Å². The monoisotopic (exact) mass is 888 g/mol. The molecule has 2 atom stereocenters. The minimum atomic E-state index is -4.37. The van der Waals surface area contributed by atoms with Gasteiger partial charge in [-0.25, -0.2) is 4.57 Å². The van der Waals surface area contributed by atoms with E-state index in [1.807, 2.05) is 0 Å². The number of hydrogen-bond acceptors (Lipinski definition) is 8. The summed E-state index contributed by atoms with van der Waals surface area (Å²) in [5, 5.41) is 0. The molecule has 0 radical (unpaired) electrons. The summed E-state index contributed by atoms with van der Waals surface area (Å²) in [5.41, 5.74) is 5.37. The number of phosphoric ester groups is 1. The molecular weight excluding hydrogens is 786 g/mol. The Hall–Kier alpha value is -0.990. The van der Waals surface area contributed by atoms with Crippen LogP contribution in [0.4, 0.5) is 0 Å². The Bertz CT molecular complexity index is 969. The highest BCUT2D eigenvalue weighted by Crippen LogP contribution is 2.43. The summed E-state index contributed by atoms with van der Waals surface area (Å²) in [6.07, 6.45) is 51.5. The van der Waals surface area contributed by atoms with E-state index in [0.29, 0.717) is 6.42 Å². The Morgan fingerprint density at radius 2 is 0.705 bits per heavy atom. The fraction of sp³-hybridized carbons (Fsp3) is 0.961. The van der Waals surface area contributed by atoms with Crippen LogP contribution in [0.1, 0.15) is 284 Å². The van der Waals surface area contributed by atoms with Crippen LogP contribution in [0.3, 0.4) is 0 Å². The van der Waals surface area contributed by atoms with Crippen molar-refractivity contribution < 1.29 is 37.6 Å². The van der Waals surface area contributed by atoms with E-state index in [9.17, 15) is 19.0 Å². The molecule has 364 valence electrons. The predicted octanol–water partition coefficient (Wildman–Crippen LogP) is 16.0. The van der Waals surface area contributed by atoms with Gasteiger partial charge in [0.2, 0.25) is 0 Å². The second-order valence-electron chi connectivity index (χ2n) is 18.1. The molecule has 1 unspecified atom stereocenters. The second-order valence-corrected chi connectivity index (χ2v) is 19.6. The van der Waals surface area contributed by atoms with Crippen LogP contribution in [0.2, 0.25) is 0 Å². The van der Waals surface area contributed by atoms with E-state index in [4.69, 9.17) is 24.3 Å². The molecule has 0 saturated carbocycles. The molecule has 0 bridgehead atoms. The van der Waals surface area contributed by atoms with E-state index in [1.54, 1.807) is 0 Å². The molecule has 3 N–H and O–H groups in total. The summed E-state index contributed by atoms with van der Waals surface area (Å²) in [4.78, 5) is 35.1. The summed E-state index contributed by atoms with van der Waals surface area (Å²) in [6.45, 7) is 3.81. The second kappa shape index (κ2) is 48.5. The summed E-state index contributed by atoms with van der Waals surface area (Å²) in [7, 11) is -4.37. The number of ether oxygens (including phenoxy) is 2. The zero-order valence-corrected chi connectivity index (χ0v) is 41.3. The van der Waals surface area contributed by atoms with Crippen LogP contribution in [0, 0.1) is 0 Å². The minimum absolute atomic E-state index is 0.0584. The van der Waals surface area contributed by atoms with Crippen molar-refractivity contribution in [3.05, 3.63) is 0 Å². The van der Waals surface area contributed by atoms with Crippen molar-refractivity contribution in [2.24, 2.45) is 5.73 Å². The molecule has 0 aliphatic carbocycles. The highest BCUT2D eigenvalue weighted by atomic mass is 31.2. The van der Waals surface area contributed by atoms with Crippen molar-refractivity contribution in [1.82, 2.24) is 0 Å². The quantitative estimate of drug-likeness (QED) is 0.0348. The molecule has 61 heavy (non-hydrogen) atoms. The maximum Gasteiger partial charge on any atom is 0.472 e. The Morgan fingerprint density at radius 3 is 1.00 bits per heavy atom. The SMILES string of the molecule is CCCCCCCCCCCCCCCCCCCCCCCCCC(=O)O[C@H](COC(=O)CCCCCCCCCCCCCCCCCCC)COP(=O)(O)OCCN. The standard InChI is InChI=1S/C51H102NO8P/c1-3-5-7-9-11-13-15-17-19-21-22-23-24-25-26-28-30-32-34-36-38-40-42-44-51(54)60-49(48-59-61(55,56)58-46-45-52)47-57-50(53)43-41-39-37-35-33-31-29-27-20-18-16-14-12-10-8-6-4-2/h49H,3-48,52H2,1-2H3,(H,55,56)/t49-/m1/s1. The smallest absolute Gasteiger partial charge is 0.462 e. The average molecular weight is 888 g/mol. The van der Waals surface area contributed by atoms with Crippen LogP contribution < -0.4 is 5.73 Å². The number of rotatable bonds is 51. The van der Waals surface area contributed by atoms with E-state index in [-0.39, 0.29) is 38.6 Å². The van der Waals surface area contributed by atoms with Crippen LogP contribution in [0.15, 0.2) is 0 Å². The first kappa shape index (κ1) is 60.0. The molecule has 9 nitrogen and oxygen atoms in total. The van der Waals surface area contributed by atoms with Crippen LogP contribution >= 0.6 is 7.82 Å². The summed E-state index contributed by atoms with van der Waals surface area (Å²) < 4.78 is 33.0. The zero-order valence-electron chi connectivity index (χ0n) is 40.4. The van der Waals surface area contributed by atoms with Crippen molar-refractivity contribution in [3.8, 4) is 0 Å². The Labute approximate surface area is 377 Å². The van der Waals surface area contributed by atoms with Crippen LogP contribution in [0.5, 0.6) is 0 Å². The van der Waals surface area contributed by atoms with Gasteiger partial charge in [-0.15, -0.1) is 0 Å². The molecule has 0 fully saturated rings. The fourth-order valence-corrected chi connectivity index (χ4v) is 8.82. The van der Waals surface area contributed by atoms with Crippen molar-refractivity contribution >= 4 is 19.8 Å². The maximum atomic E-state index is 12.7. The molecule has 0 saturated heterocycles. The predicted molar refractivity (Wildman–Crippen MR) is 257 cm³/mol. The molecule has 0 heterocycles. The van der Waals surface area contributed by atoms with Gasteiger partial charge in [0, 0.05) is 19.4 Å². The molecule has 0 rings (SSSR count). The normalized spacial score (nSPS) is 13.0. The Balaban J connectivity index is 3.95. The van der Waals surface area contributed by atoms with Gasteiger partial charge in [-0.3, -0.25) is 18.6 Å². The first-order valence-electron chi connectivity index (χ1n) is 26.5. The van der Waals surface area contributed by atoms with Crippen molar-refractivity contribution in [1.29, 1.82) is 0 Å². The number of phosphoric acid groups is 1. The topological polar surface area (TPSA) is 134 Å². The van der Waals surface area contributed by atoms with Crippen molar-refractivity contribution in [2.45, 2.75) is 290 Å². The molecule has 0 aliphatic rings. The Kier molecular flexibility index (Phi) is 47.7. The van der Waals surface area contributed by atoms with Gasteiger partial charge in [0.15, 0.2) is 6.10 Å². The number of hydrogen-bond donors (Lipinski definition) is 2. The van der Waals surface area contributed by atoms with Crippen molar-refractivity contribution in [3.63, 3.8) is 0 Å². The molecule has 0 amide bonds. The lowest BCUT2D eigenvalue weighted by Crippen LogP contribution is -2.29. The van der Waals surface area contributed by atoms with E-state index >= 15 is 0 Å². The number of carbonyl (C=O) groups is 2. The van der Waals surface area contributed by atoms with Gasteiger partial charge in [-0.2, -0.15) is 0 Å². The lowest BCUT2D eigenvalue weighted by atomic mass is 10.0. The van der Waals surface area contributed by atoms with Gasteiger partial charge >= 0.3 is 19.8 Å². The van der Waals surface area contributed by atoms with Crippen LogP contribution in [-0.4, -0.2) is 49.3 Å². The van der Waals surface area contributed by atoms with Gasteiger partial charge in [0.1, 0.15) is 6.61 Å². The first-order chi connectivity index (χ1) is 29.8. The lowest BCUT2D eigenvalue weighted by Gasteiger charge is -2.19. The Morgan fingerprint density at radius 1 is 0.426 bits per heavy atom. The van der Waals surface area contributed by atoms with Crippen molar-refractivity contribution in [2.75, 3.05) is 26.4 Å². The molecule has 0 aromatic carbocycles. The molecule has 0 aliphatic heterocycles. The van der Waals surface area contributed by atoms with E-state index in [2.05, 4.69) is 13.8 Å². The number of unbranched alkanes of at least 4 members (excludes halogenated alkanes) is 38. The van der Waals surface area contributed by atoms with Gasteiger partial charge < -0.3 is 20.1 Å². The zero-order chi connectivity index (χ0) is 44.6. The average Bonchev–Trinajstić information content (AvgIpc) is 3.25. The summed E-state index contributed by atoms with van der Waals surface area (Å²) in [6, 6.07) is 0. The highest BCUT2D eigenvalue weighted by molar-refractivity contribution is 7.47. The largest absolute Gasteiger partial charge is 0.472 e. The molecule has 0 spiro atoms. The first-order valence-corrected chi connectivity index (χ1v) is 28.0. The maximum absolute atomic E-state index is 12.7. The molecular formula is C51H102NO8P. The summed E-state index contributed by atoms with van der Waals surface area (Å²) >= 11 is 0. The van der Waals surface area contributed by atoms with Gasteiger partial charge in [0.05, 0.1) is 13.2 Å². The van der Waals surface area contributed by atoms with E-state index < -0.39 is 26.5 Å². The minimum Gasteiger partial charge on any atom is -0.462 e. The molecule has 0 aromatic heterocycles. The molecule has 0 aromatic rings. The molecule has 10 heteroatoms. The number of carbonyl (C=O) groups excluding carboxylic acids is 2. The van der Waals surface area contributed by atoms with Gasteiger partial charge in [-0.1, -0.05) is 258 Å². The third-order valence-corrected chi connectivity index (χ3v) is 13.0. The highest BCUT2D eigenvalue weighted by Gasteiger charge is 2.26. The summed E-state index contributed by atoms with van der Waals surface area (Å²) in [5.74, 6) is -0.805. The third-order valence-electron chi connectivity index (χ3n) is 12.0. The van der Waals surface area contributed by atoms with E-state index in [0.717, 1.165) is 32.1 Å². The van der Waals surface area contributed by atoms with E-state index in [1.165, 1.54) is 218 Å². The third kappa shape index (κ3) is 48.3. The number of esters is 2. The lowest BCUT2D eigenvalue weighted by molar-refractivity contribution is -0.161. The van der Waals surface area contributed by atoms with Gasteiger partial charge in [0.25, 0.3) is 0 Å².